The Labute approximate surface area is 126 Å². The molecule has 0 aliphatic heterocycles. The van der Waals surface area contributed by atoms with Crippen LogP contribution in [0, 0.1) is 11.2 Å². The molecule has 0 fully saturated rings. The number of nitrogens with zero attached hydrogens (tertiary/aromatic N) is 1. The summed E-state index contributed by atoms with van der Waals surface area (Å²) in [6.45, 7) is 4.43. The van der Waals surface area contributed by atoms with E-state index in [1.54, 1.807) is 6.07 Å². The second-order valence-electron chi connectivity index (χ2n) is 6.34. The fourth-order valence-electron chi connectivity index (χ4n) is 3.14. The number of hydrogen-bond donors (Lipinski definition) is 1. The van der Waals surface area contributed by atoms with Gasteiger partial charge in [0.15, 0.2) is 0 Å². The Kier molecular flexibility index (Phi) is 3.26. The lowest BCUT2D eigenvalue weighted by Crippen LogP contribution is -2.30. The van der Waals surface area contributed by atoms with E-state index in [1.165, 1.54) is 6.07 Å². The van der Waals surface area contributed by atoms with Crippen molar-refractivity contribution in [1.29, 1.82) is 0 Å². The monoisotopic (exact) mass is 336 g/mol. The van der Waals surface area contributed by atoms with Crippen LogP contribution < -0.4 is 5.73 Å². The molecule has 1 atom stereocenters. The SMILES string of the molecule is CC1(C)Cc2c(ccn2-c2ccc(Br)cc2F)C(N)C1. The Morgan fingerprint density at radius 1 is 1.35 bits per heavy atom. The van der Waals surface area contributed by atoms with Gasteiger partial charge in [0, 0.05) is 22.4 Å². The van der Waals surface area contributed by atoms with E-state index in [0.29, 0.717) is 5.69 Å². The van der Waals surface area contributed by atoms with Crippen LogP contribution in [0.4, 0.5) is 4.39 Å². The number of nitrogens with two attached hydrogens (primary N) is 1. The first-order chi connectivity index (χ1) is 9.37. The number of aromatic nitrogens is 1. The lowest BCUT2D eigenvalue weighted by atomic mass is 9.74. The van der Waals surface area contributed by atoms with E-state index in [1.807, 2.05) is 22.9 Å². The van der Waals surface area contributed by atoms with E-state index in [-0.39, 0.29) is 17.3 Å². The van der Waals surface area contributed by atoms with Gasteiger partial charge >= 0.3 is 0 Å². The molecular formula is C16H18BrFN2. The van der Waals surface area contributed by atoms with Crippen LogP contribution in [0.1, 0.15) is 37.6 Å². The maximum atomic E-state index is 14.2. The summed E-state index contributed by atoms with van der Waals surface area (Å²) in [5, 5.41) is 0. The minimum Gasteiger partial charge on any atom is -0.324 e. The summed E-state index contributed by atoms with van der Waals surface area (Å²) in [4.78, 5) is 0. The minimum atomic E-state index is -0.227. The van der Waals surface area contributed by atoms with Crippen molar-refractivity contribution in [1.82, 2.24) is 4.57 Å². The highest BCUT2D eigenvalue weighted by Gasteiger charge is 2.32. The fraction of sp³-hybridized carbons (Fsp3) is 0.375. The van der Waals surface area contributed by atoms with E-state index in [9.17, 15) is 4.39 Å². The van der Waals surface area contributed by atoms with Crippen LogP contribution in [-0.2, 0) is 6.42 Å². The normalized spacial score (nSPS) is 20.8. The molecule has 0 radical (unpaired) electrons. The molecular weight excluding hydrogens is 319 g/mol. The molecule has 1 unspecified atom stereocenters. The summed E-state index contributed by atoms with van der Waals surface area (Å²) >= 11 is 3.29. The summed E-state index contributed by atoms with van der Waals surface area (Å²) in [6, 6.07) is 7.21. The van der Waals surface area contributed by atoms with Gasteiger partial charge in [0.2, 0.25) is 0 Å². The Hall–Kier alpha value is -1.13. The molecule has 20 heavy (non-hydrogen) atoms. The standard InChI is InChI=1S/C16H18BrFN2/c1-16(2)8-13(19)11-5-6-20(15(11)9-16)14-4-3-10(17)7-12(14)18/h3-7,13H,8-9,19H2,1-2H3. The first-order valence-corrected chi connectivity index (χ1v) is 7.58. The number of rotatable bonds is 1. The molecule has 2 nitrogen and oxygen atoms in total. The molecule has 4 heteroatoms. The van der Waals surface area contributed by atoms with E-state index >= 15 is 0 Å². The largest absolute Gasteiger partial charge is 0.324 e. The molecule has 106 valence electrons. The molecule has 1 aliphatic rings. The predicted octanol–water partition coefficient (Wildman–Crippen LogP) is 4.35. The predicted molar refractivity (Wildman–Crippen MR) is 82.5 cm³/mol. The average molecular weight is 337 g/mol. The van der Waals surface area contributed by atoms with Crippen molar-refractivity contribution in [2.24, 2.45) is 11.1 Å². The van der Waals surface area contributed by atoms with Crippen LogP contribution in [0.25, 0.3) is 5.69 Å². The second kappa shape index (κ2) is 4.71. The zero-order chi connectivity index (χ0) is 14.5. The van der Waals surface area contributed by atoms with Crippen LogP contribution in [0.2, 0.25) is 0 Å². The van der Waals surface area contributed by atoms with E-state index < -0.39 is 0 Å². The topological polar surface area (TPSA) is 30.9 Å². The Balaban J connectivity index is 2.13. The number of halogens is 2. The van der Waals surface area contributed by atoms with E-state index in [0.717, 1.165) is 28.6 Å². The van der Waals surface area contributed by atoms with Gasteiger partial charge < -0.3 is 10.3 Å². The quantitative estimate of drug-likeness (QED) is 0.824. The van der Waals surface area contributed by atoms with Gasteiger partial charge in [-0.1, -0.05) is 29.8 Å². The van der Waals surface area contributed by atoms with Gasteiger partial charge in [0.1, 0.15) is 5.82 Å². The molecule has 0 saturated carbocycles. The van der Waals surface area contributed by atoms with Gasteiger partial charge in [-0.15, -0.1) is 0 Å². The number of hydrogen-bond acceptors (Lipinski definition) is 1. The summed E-state index contributed by atoms with van der Waals surface area (Å²) in [5.41, 5.74) is 9.27. The molecule has 3 rings (SSSR count). The molecule has 1 aromatic heterocycles. The third-order valence-electron chi connectivity index (χ3n) is 4.01. The van der Waals surface area contributed by atoms with Crippen LogP contribution in [0.5, 0.6) is 0 Å². The smallest absolute Gasteiger partial charge is 0.148 e. The van der Waals surface area contributed by atoms with Gasteiger partial charge in [0.25, 0.3) is 0 Å². The summed E-state index contributed by atoms with van der Waals surface area (Å²) < 4.78 is 16.9. The first kappa shape index (κ1) is 13.8. The van der Waals surface area contributed by atoms with Gasteiger partial charge in [-0.25, -0.2) is 4.39 Å². The van der Waals surface area contributed by atoms with Crippen LogP contribution in [0.15, 0.2) is 34.9 Å². The van der Waals surface area contributed by atoms with Crippen molar-refractivity contribution in [3.05, 3.63) is 52.0 Å². The van der Waals surface area contributed by atoms with Crippen molar-refractivity contribution < 1.29 is 4.39 Å². The molecule has 0 saturated heterocycles. The fourth-order valence-corrected chi connectivity index (χ4v) is 3.47. The molecule has 2 aromatic rings. The maximum absolute atomic E-state index is 14.2. The van der Waals surface area contributed by atoms with Crippen molar-refractivity contribution in [3.63, 3.8) is 0 Å². The minimum absolute atomic E-state index is 0.0357. The lowest BCUT2D eigenvalue weighted by Gasteiger charge is -2.34. The zero-order valence-corrected chi connectivity index (χ0v) is 13.2. The van der Waals surface area contributed by atoms with Crippen LogP contribution in [0.3, 0.4) is 0 Å². The van der Waals surface area contributed by atoms with Crippen LogP contribution in [-0.4, -0.2) is 4.57 Å². The van der Waals surface area contributed by atoms with Gasteiger partial charge in [-0.2, -0.15) is 0 Å². The Bertz CT molecular complexity index is 660. The highest BCUT2D eigenvalue weighted by Crippen LogP contribution is 2.41. The van der Waals surface area contributed by atoms with Gasteiger partial charge in [-0.05, 0) is 48.1 Å². The third kappa shape index (κ3) is 2.31. The number of benzene rings is 1. The average Bonchev–Trinajstić information content (AvgIpc) is 2.71. The molecule has 1 aromatic carbocycles. The molecule has 0 amide bonds. The van der Waals surface area contributed by atoms with E-state index in [4.69, 9.17) is 5.73 Å². The second-order valence-corrected chi connectivity index (χ2v) is 7.25. The van der Waals surface area contributed by atoms with Crippen LogP contribution >= 0.6 is 15.9 Å². The van der Waals surface area contributed by atoms with Crippen molar-refractivity contribution >= 4 is 15.9 Å². The van der Waals surface area contributed by atoms with Crippen molar-refractivity contribution in [2.75, 3.05) is 0 Å². The number of fused-ring (bicyclic) bond motifs is 1. The van der Waals surface area contributed by atoms with Crippen molar-refractivity contribution in [3.8, 4) is 5.69 Å². The third-order valence-corrected chi connectivity index (χ3v) is 4.51. The first-order valence-electron chi connectivity index (χ1n) is 6.78. The highest BCUT2D eigenvalue weighted by molar-refractivity contribution is 9.10. The summed E-state index contributed by atoms with van der Waals surface area (Å²) in [6.07, 6.45) is 3.81. The molecule has 1 heterocycles. The summed E-state index contributed by atoms with van der Waals surface area (Å²) in [5.74, 6) is -0.227. The van der Waals surface area contributed by atoms with Gasteiger partial charge in [0.05, 0.1) is 5.69 Å². The maximum Gasteiger partial charge on any atom is 0.148 e. The summed E-state index contributed by atoms with van der Waals surface area (Å²) in [7, 11) is 0. The molecule has 0 spiro atoms. The highest BCUT2D eigenvalue weighted by atomic mass is 79.9. The van der Waals surface area contributed by atoms with E-state index in [2.05, 4.69) is 29.8 Å². The molecule has 0 bridgehead atoms. The Morgan fingerprint density at radius 3 is 2.80 bits per heavy atom. The lowest BCUT2D eigenvalue weighted by molar-refractivity contribution is 0.278. The molecule has 1 aliphatic carbocycles. The molecule has 2 N–H and O–H groups in total. The Morgan fingerprint density at radius 2 is 2.10 bits per heavy atom. The van der Waals surface area contributed by atoms with Crippen molar-refractivity contribution in [2.45, 2.75) is 32.7 Å². The zero-order valence-electron chi connectivity index (χ0n) is 11.7. The van der Waals surface area contributed by atoms with Gasteiger partial charge in [-0.3, -0.25) is 0 Å².